The number of benzene rings is 1. The van der Waals surface area contributed by atoms with Gasteiger partial charge in [0.15, 0.2) is 0 Å². The van der Waals surface area contributed by atoms with E-state index in [9.17, 15) is 9.18 Å². The van der Waals surface area contributed by atoms with Gasteiger partial charge in [-0.3, -0.25) is 9.79 Å². The third kappa shape index (κ3) is 2.90. The summed E-state index contributed by atoms with van der Waals surface area (Å²) in [5.41, 5.74) is 5.85. The Hall–Kier alpha value is -1.95. The standard InChI is InChI=1S/C13H16FN3O2/c1-13(4-5-19-7-12(15)17-13)10-6-9(16-8-18)2-3-11(10)14/h2-3,6,8H,4-5,7H2,1H3,(H2,15,17)(H,16,18)/t13-/m1/s1. The molecule has 1 atom stereocenters. The number of aliphatic imine (C=N–C) groups is 1. The minimum Gasteiger partial charge on any atom is -0.386 e. The quantitative estimate of drug-likeness (QED) is 0.811. The van der Waals surface area contributed by atoms with E-state index < -0.39 is 5.54 Å². The second-order valence-electron chi connectivity index (χ2n) is 4.64. The normalized spacial score (nSPS) is 23.4. The Morgan fingerprint density at radius 3 is 3.11 bits per heavy atom. The van der Waals surface area contributed by atoms with Gasteiger partial charge in [-0.05, 0) is 31.5 Å². The van der Waals surface area contributed by atoms with Gasteiger partial charge in [-0.2, -0.15) is 0 Å². The van der Waals surface area contributed by atoms with Gasteiger partial charge in [0.05, 0.1) is 5.54 Å². The van der Waals surface area contributed by atoms with Gasteiger partial charge >= 0.3 is 0 Å². The first-order chi connectivity index (χ1) is 9.05. The van der Waals surface area contributed by atoms with Crippen molar-refractivity contribution < 1.29 is 13.9 Å². The summed E-state index contributed by atoms with van der Waals surface area (Å²) in [6.07, 6.45) is 1.07. The van der Waals surface area contributed by atoms with Gasteiger partial charge in [-0.15, -0.1) is 0 Å². The number of amides is 1. The molecule has 0 spiro atoms. The molecular weight excluding hydrogens is 249 g/mol. The molecule has 0 bridgehead atoms. The second kappa shape index (κ2) is 5.36. The van der Waals surface area contributed by atoms with Gasteiger partial charge < -0.3 is 15.8 Å². The number of carbonyl (C=O) groups excluding carboxylic acids is 1. The number of hydrogen-bond donors (Lipinski definition) is 2. The van der Waals surface area contributed by atoms with Gasteiger partial charge in [-0.25, -0.2) is 4.39 Å². The first-order valence-corrected chi connectivity index (χ1v) is 5.97. The summed E-state index contributed by atoms with van der Waals surface area (Å²) in [5.74, 6) is -0.0365. The third-order valence-electron chi connectivity index (χ3n) is 3.15. The zero-order valence-corrected chi connectivity index (χ0v) is 10.6. The first-order valence-electron chi connectivity index (χ1n) is 5.97. The van der Waals surface area contributed by atoms with Crippen LogP contribution in [-0.2, 0) is 15.1 Å². The van der Waals surface area contributed by atoms with Crippen LogP contribution in [0.1, 0.15) is 18.9 Å². The number of nitrogens with two attached hydrogens (primary N) is 1. The van der Waals surface area contributed by atoms with Crippen molar-refractivity contribution in [3.63, 3.8) is 0 Å². The Bertz CT molecular complexity index is 519. The van der Waals surface area contributed by atoms with Crippen LogP contribution >= 0.6 is 0 Å². The van der Waals surface area contributed by atoms with E-state index in [1.807, 2.05) is 0 Å². The van der Waals surface area contributed by atoms with E-state index in [0.717, 1.165) is 0 Å². The summed E-state index contributed by atoms with van der Waals surface area (Å²) in [4.78, 5) is 14.8. The summed E-state index contributed by atoms with van der Waals surface area (Å²) in [6, 6.07) is 4.38. The van der Waals surface area contributed by atoms with Crippen molar-refractivity contribution in [2.24, 2.45) is 10.7 Å². The number of rotatable bonds is 3. The van der Waals surface area contributed by atoms with E-state index in [1.54, 1.807) is 13.0 Å². The van der Waals surface area contributed by atoms with Gasteiger partial charge in [0.1, 0.15) is 18.3 Å². The maximum absolute atomic E-state index is 14.0. The summed E-state index contributed by atoms with van der Waals surface area (Å²) in [5, 5.41) is 2.50. The summed E-state index contributed by atoms with van der Waals surface area (Å²) >= 11 is 0. The van der Waals surface area contributed by atoms with Crippen molar-refractivity contribution in [2.75, 3.05) is 18.5 Å². The van der Waals surface area contributed by atoms with Crippen LogP contribution in [0.15, 0.2) is 23.2 Å². The van der Waals surface area contributed by atoms with Crippen molar-refractivity contribution in [3.05, 3.63) is 29.6 Å². The monoisotopic (exact) mass is 265 g/mol. The lowest BCUT2D eigenvalue weighted by Gasteiger charge is -2.25. The molecular formula is C13H16FN3O2. The number of nitrogens with zero attached hydrogens (tertiary/aromatic N) is 1. The zero-order chi connectivity index (χ0) is 13.9. The lowest BCUT2D eigenvalue weighted by molar-refractivity contribution is -0.105. The molecule has 1 amide bonds. The molecule has 5 nitrogen and oxygen atoms in total. The zero-order valence-electron chi connectivity index (χ0n) is 10.6. The Labute approximate surface area is 110 Å². The molecule has 1 aromatic rings. The first kappa shape index (κ1) is 13.5. The predicted molar refractivity (Wildman–Crippen MR) is 70.5 cm³/mol. The molecule has 6 heteroatoms. The highest BCUT2D eigenvalue weighted by Crippen LogP contribution is 2.34. The van der Waals surface area contributed by atoms with Crippen LogP contribution in [0, 0.1) is 5.82 Å². The molecule has 1 aliphatic heterocycles. The average molecular weight is 265 g/mol. The molecule has 3 N–H and O–H groups in total. The van der Waals surface area contributed by atoms with Crippen molar-refractivity contribution in [3.8, 4) is 0 Å². The molecule has 1 aliphatic rings. The Morgan fingerprint density at radius 1 is 1.58 bits per heavy atom. The van der Waals surface area contributed by atoms with E-state index in [4.69, 9.17) is 10.5 Å². The Morgan fingerprint density at radius 2 is 2.37 bits per heavy atom. The van der Waals surface area contributed by atoms with Crippen LogP contribution in [0.5, 0.6) is 0 Å². The summed E-state index contributed by atoms with van der Waals surface area (Å²) < 4.78 is 19.3. The minimum absolute atomic E-state index is 0.253. The fraction of sp³-hybridized carbons (Fsp3) is 0.385. The van der Waals surface area contributed by atoms with Crippen LogP contribution in [0.2, 0.25) is 0 Å². The van der Waals surface area contributed by atoms with E-state index in [1.165, 1.54) is 12.1 Å². The molecule has 0 aliphatic carbocycles. The predicted octanol–water partition coefficient (Wildman–Crippen LogP) is 1.39. The number of nitrogens with one attached hydrogen (secondary N) is 1. The van der Waals surface area contributed by atoms with Crippen LogP contribution in [0.3, 0.4) is 0 Å². The number of hydrogen-bond acceptors (Lipinski definition) is 4. The van der Waals surface area contributed by atoms with E-state index in [2.05, 4.69) is 10.3 Å². The van der Waals surface area contributed by atoms with Crippen LogP contribution < -0.4 is 11.1 Å². The van der Waals surface area contributed by atoms with Gasteiger partial charge in [0, 0.05) is 17.9 Å². The molecule has 1 heterocycles. The molecule has 0 saturated heterocycles. The number of anilines is 1. The van der Waals surface area contributed by atoms with Crippen LogP contribution in [0.25, 0.3) is 0 Å². The second-order valence-corrected chi connectivity index (χ2v) is 4.64. The number of carbonyl (C=O) groups is 1. The maximum Gasteiger partial charge on any atom is 0.211 e. The molecule has 0 radical (unpaired) electrons. The Kier molecular flexibility index (Phi) is 3.80. The lowest BCUT2D eigenvalue weighted by atomic mass is 9.88. The van der Waals surface area contributed by atoms with E-state index >= 15 is 0 Å². The molecule has 19 heavy (non-hydrogen) atoms. The molecule has 102 valence electrons. The molecule has 0 saturated carbocycles. The minimum atomic E-state index is -0.786. The maximum atomic E-state index is 14.0. The third-order valence-corrected chi connectivity index (χ3v) is 3.15. The average Bonchev–Trinajstić information content (AvgIpc) is 2.54. The van der Waals surface area contributed by atoms with Gasteiger partial charge in [0.25, 0.3) is 0 Å². The number of amidine groups is 1. The highest BCUT2D eigenvalue weighted by Gasteiger charge is 2.31. The van der Waals surface area contributed by atoms with Crippen molar-refractivity contribution in [2.45, 2.75) is 18.9 Å². The van der Waals surface area contributed by atoms with Crippen molar-refractivity contribution in [1.29, 1.82) is 0 Å². The SMILES string of the molecule is C[C@]1(c2cc(NC=O)ccc2F)CCOCC(N)=N1. The highest BCUT2D eigenvalue weighted by molar-refractivity contribution is 5.82. The molecule has 0 fully saturated rings. The van der Waals surface area contributed by atoms with Crippen LogP contribution in [-0.4, -0.2) is 25.5 Å². The van der Waals surface area contributed by atoms with Gasteiger partial charge in [-0.1, -0.05) is 0 Å². The largest absolute Gasteiger partial charge is 0.386 e. The Balaban J connectivity index is 2.45. The van der Waals surface area contributed by atoms with E-state index in [-0.39, 0.29) is 12.4 Å². The molecule has 0 aromatic heterocycles. The fourth-order valence-corrected chi connectivity index (χ4v) is 2.14. The van der Waals surface area contributed by atoms with Crippen molar-refractivity contribution in [1.82, 2.24) is 0 Å². The highest BCUT2D eigenvalue weighted by atomic mass is 19.1. The molecule has 2 rings (SSSR count). The van der Waals surface area contributed by atoms with Crippen molar-refractivity contribution >= 4 is 17.9 Å². The topological polar surface area (TPSA) is 76.7 Å². The summed E-state index contributed by atoms with van der Waals surface area (Å²) in [7, 11) is 0. The van der Waals surface area contributed by atoms with E-state index in [0.29, 0.717) is 36.5 Å². The number of ether oxygens (including phenoxy) is 1. The molecule has 0 unspecified atom stereocenters. The fourth-order valence-electron chi connectivity index (χ4n) is 2.14. The molecule has 1 aromatic carbocycles. The summed E-state index contributed by atoms with van der Waals surface area (Å²) in [6.45, 7) is 2.51. The smallest absolute Gasteiger partial charge is 0.211 e. The van der Waals surface area contributed by atoms with Gasteiger partial charge in [0.2, 0.25) is 6.41 Å². The van der Waals surface area contributed by atoms with Crippen LogP contribution in [0.4, 0.5) is 10.1 Å². The number of halogens is 1. The lowest BCUT2D eigenvalue weighted by Crippen LogP contribution is -2.25.